The van der Waals surface area contributed by atoms with Gasteiger partial charge in [0, 0.05) is 10.2 Å². The molecule has 0 spiro atoms. The Hall–Kier alpha value is -3.39. The number of aliphatic carboxylic acids is 1. The van der Waals surface area contributed by atoms with Gasteiger partial charge in [0.2, 0.25) is 0 Å². The van der Waals surface area contributed by atoms with Crippen molar-refractivity contribution in [1.29, 1.82) is 0 Å². The maximum absolute atomic E-state index is 12.9. The highest BCUT2D eigenvalue weighted by Gasteiger charge is 2.30. The molecule has 0 saturated heterocycles. The van der Waals surface area contributed by atoms with E-state index in [0.29, 0.717) is 11.5 Å². The van der Waals surface area contributed by atoms with Crippen LogP contribution < -0.4 is 10.6 Å². The fourth-order valence-corrected chi connectivity index (χ4v) is 3.86. The number of fused-ring (bicyclic) bond motifs is 1. The molecule has 0 aliphatic carbocycles. The molecule has 3 aromatic rings. The maximum atomic E-state index is 12.9. The van der Waals surface area contributed by atoms with Gasteiger partial charge in [0.05, 0.1) is 6.20 Å². The first-order chi connectivity index (χ1) is 14.3. The Morgan fingerprint density at radius 3 is 2.63 bits per heavy atom. The summed E-state index contributed by atoms with van der Waals surface area (Å²) < 4.78 is 2.43. The quantitative estimate of drug-likeness (QED) is 0.525. The van der Waals surface area contributed by atoms with E-state index in [1.807, 2.05) is 56.3 Å². The summed E-state index contributed by atoms with van der Waals surface area (Å²) in [5.74, 6) is -1.15. The van der Waals surface area contributed by atoms with Crippen LogP contribution in [-0.4, -0.2) is 26.8 Å². The fraction of sp³-hybridized carbons (Fsp3) is 0.136. The van der Waals surface area contributed by atoms with Crippen molar-refractivity contribution >= 4 is 39.3 Å². The number of nitrogens with one attached hydrogen (secondary N) is 2. The molecule has 2 aromatic carbocycles. The Kier molecular flexibility index (Phi) is 5.17. The Labute approximate surface area is 181 Å². The molecule has 1 aliphatic heterocycles. The van der Waals surface area contributed by atoms with E-state index in [1.54, 1.807) is 10.8 Å². The van der Waals surface area contributed by atoms with E-state index >= 15 is 0 Å². The van der Waals surface area contributed by atoms with Crippen LogP contribution in [0.4, 0.5) is 11.5 Å². The highest BCUT2D eigenvalue weighted by molar-refractivity contribution is 9.10. The smallest absolute Gasteiger partial charge is 0.352 e. The molecule has 3 N–H and O–H groups in total. The lowest BCUT2D eigenvalue weighted by atomic mass is 10.0. The predicted octanol–water partition coefficient (Wildman–Crippen LogP) is 4.50. The van der Waals surface area contributed by atoms with Crippen molar-refractivity contribution in [1.82, 2.24) is 9.78 Å². The number of rotatable bonds is 4. The summed E-state index contributed by atoms with van der Waals surface area (Å²) in [5.41, 5.74) is 3.94. The molecule has 1 atom stereocenters. The number of allylic oxidation sites excluding steroid dienone is 1. The van der Waals surface area contributed by atoms with E-state index in [1.165, 1.54) is 6.20 Å². The zero-order valence-corrected chi connectivity index (χ0v) is 17.9. The second-order valence-corrected chi connectivity index (χ2v) is 7.94. The molecule has 30 heavy (non-hydrogen) atoms. The summed E-state index contributed by atoms with van der Waals surface area (Å²) in [6, 6.07) is 12.7. The minimum atomic E-state index is -1.11. The van der Waals surface area contributed by atoms with Gasteiger partial charge in [-0.25, -0.2) is 9.48 Å². The lowest BCUT2D eigenvalue weighted by molar-refractivity contribution is -0.132. The summed E-state index contributed by atoms with van der Waals surface area (Å²) >= 11 is 3.52. The third-order valence-electron chi connectivity index (χ3n) is 5.10. The minimum Gasteiger partial charge on any atom is -0.477 e. The number of carboxylic acid groups (broad SMARTS) is 1. The molecule has 0 bridgehead atoms. The molecule has 0 saturated carbocycles. The number of benzene rings is 2. The van der Waals surface area contributed by atoms with Gasteiger partial charge in [0.1, 0.15) is 23.1 Å². The second kappa shape index (κ2) is 7.79. The third kappa shape index (κ3) is 3.61. The zero-order valence-electron chi connectivity index (χ0n) is 16.3. The molecule has 1 aromatic heterocycles. The normalized spacial score (nSPS) is 15.0. The molecule has 4 rings (SSSR count). The van der Waals surface area contributed by atoms with Crippen molar-refractivity contribution in [2.75, 3.05) is 10.6 Å². The summed E-state index contributed by atoms with van der Waals surface area (Å²) in [5, 5.41) is 19.7. The van der Waals surface area contributed by atoms with E-state index in [4.69, 9.17) is 0 Å². The summed E-state index contributed by atoms with van der Waals surface area (Å²) in [4.78, 5) is 24.7. The summed E-state index contributed by atoms with van der Waals surface area (Å²) in [6.07, 6.45) is 3.02. The summed E-state index contributed by atoms with van der Waals surface area (Å²) in [7, 11) is 0. The molecule has 8 heteroatoms. The fourth-order valence-electron chi connectivity index (χ4n) is 3.34. The number of carboxylic acids is 1. The third-order valence-corrected chi connectivity index (χ3v) is 5.82. The van der Waals surface area contributed by atoms with E-state index in [9.17, 15) is 14.7 Å². The first-order valence-corrected chi connectivity index (χ1v) is 10.1. The molecule has 2 heterocycles. The van der Waals surface area contributed by atoms with Crippen molar-refractivity contribution in [3.8, 4) is 0 Å². The van der Waals surface area contributed by atoms with Crippen LogP contribution in [0.2, 0.25) is 0 Å². The number of anilines is 2. The van der Waals surface area contributed by atoms with Crippen molar-refractivity contribution in [2.24, 2.45) is 0 Å². The van der Waals surface area contributed by atoms with E-state index in [-0.39, 0.29) is 17.2 Å². The van der Waals surface area contributed by atoms with Gasteiger partial charge in [-0.05, 0) is 54.8 Å². The zero-order chi connectivity index (χ0) is 21.4. The molecule has 7 nitrogen and oxygen atoms in total. The topological polar surface area (TPSA) is 96.3 Å². The van der Waals surface area contributed by atoms with Crippen molar-refractivity contribution in [3.05, 3.63) is 87.2 Å². The van der Waals surface area contributed by atoms with Crippen molar-refractivity contribution in [2.45, 2.75) is 19.9 Å². The van der Waals surface area contributed by atoms with Crippen LogP contribution in [0.15, 0.2) is 64.9 Å². The highest BCUT2D eigenvalue weighted by Crippen LogP contribution is 2.35. The van der Waals surface area contributed by atoms with Gasteiger partial charge in [0.15, 0.2) is 0 Å². The number of hydrogen-bond donors (Lipinski definition) is 3. The predicted molar refractivity (Wildman–Crippen MR) is 118 cm³/mol. The van der Waals surface area contributed by atoms with Gasteiger partial charge >= 0.3 is 5.97 Å². The van der Waals surface area contributed by atoms with E-state index in [2.05, 4.69) is 31.7 Å². The Bertz CT molecular complexity index is 1200. The average molecular weight is 467 g/mol. The average Bonchev–Trinajstić information content (AvgIpc) is 3.15. The first kappa shape index (κ1) is 19.9. The molecule has 0 radical (unpaired) electrons. The van der Waals surface area contributed by atoms with Crippen LogP contribution in [0.3, 0.4) is 0 Å². The number of amides is 1. The molecule has 0 fully saturated rings. The summed E-state index contributed by atoms with van der Waals surface area (Å²) in [6.45, 7) is 3.97. The van der Waals surface area contributed by atoms with Gasteiger partial charge < -0.3 is 15.7 Å². The first-order valence-electron chi connectivity index (χ1n) is 9.28. The highest BCUT2D eigenvalue weighted by atomic mass is 79.9. The minimum absolute atomic E-state index is 0.0102. The lowest BCUT2D eigenvalue weighted by Gasteiger charge is -2.25. The van der Waals surface area contributed by atoms with Crippen LogP contribution in [0, 0.1) is 13.8 Å². The van der Waals surface area contributed by atoms with E-state index < -0.39 is 12.0 Å². The standard InChI is InChI=1S/C22H19BrN4O3/c1-12-7-8-14(9-13(12)2)25-21(28)16-11-24-27-19(15-5-3-4-6-17(15)23)10-18(22(29)30)26-20(16)27/h3-11,19,26H,1-2H3,(H,25,28)(H,29,30)/t19-/m1/s1. The number of aromatic nitrogens is 2. The van der Waals surface area contributed by atoms with Crippen LogP contribution in [0.5, 0.6) is 0 Å². The van der Waals surface area contributed by atoms with Crippen LogP contribution in [0.25, 0.3) is 0 Å². The van der Waals surface area contributed by atoms with E-state index in [0.717, 1.165) is 21.2 Å². The van der Waals surface area contributed by atoms with Crippen molar-refractivity contribution in [3.63, 3.8) is 0 Å². The van der Waals surface area contributed by atoms with Crippen LogP contribution in [0.1, 0.15) is 33.1 Å². The number of hydrogen-bond acceptors (Lipinski definition) is 4. The van der Waals surface area contributed by atoms with Crippen LogP contribution in [-0.2, 0) is 4.79 Å². The number of halogens is 1. The van der Waals surface area contributed by atoms with Gasteiger partial charge in [0.25, 0.3) is 5.91 Å². The SMILES string of the molecule is Cc1ccc(NC(=O)c2cnn3c2NC(C(=O)O)=C[C@@H]3c2ccccc2Br)cc1C. The van der Waals surface area contributed by atoms with Crippen molar-refractivity contribution < 1.29 is 14.7 Å². The van der Waals surface area contributed by atoms with Gasteiger partial charge in [-0.2, -0.15) is 5.10 Å². The number of nitrogens with zero attached hydrogens (tertiary/aromatic N) is 2. The monoisotopic (exact) mass is 466 g/mol. The second-order valence-electron chi connectivity index (χ2n) is 7.08. The Balaban J connectivity index is 1.73. The molecule has 0 unspecified atom stereocenters. The molecule has 1 amide bonds. The molecule has 152 valence electrons. The lowest BCUT2D eigenvalue weighted by Crippen LogP contribution is -2.25. The number of aryl methyl sites for hydroxylation is 2. The maximum Gasteiger partial charge on any atom is 0.352 e. The molecular weight excluding hydrogens is 448 g/mol. The van der Waals surface area contributed by atoms with Gasteiger partial charge in [-0.1, -0.05) is 40.2 Å². The molecule has 1 aliphatic rings. The number of carbonyl (C=O) groups is 2. The number of carbonyl (C=O) groups excluding carboxylic acids is 1. The molecular formula is C22H19BrN4O3. The Morgan fingerprint density at radius 1 is 1.17 bits per heavy atom. The van der Waals surface area contributed by atoms with Gasteiger partial charge in [-0.15, -0.1) is 0 Å². The largest absolute Gasteiger partial charge is 0.477 e. The van der Waals surface area contributed by atoms with Gasteiger partial charge in [-0.3, -0.25) is 4.79 Å². The van der Waals surface area contributed by atoms with Crippen LogP contribution >= 0.6 is 15.9 Å². The Morgan fingerprint density at radius 2 is 1.93 bits per heavy atom.